The molecule has 0 aliphatic heterocycles. The number of nitrogens with zero attached hydrogens (tertiary/aromatic N) is 1. The molecular formula is C16H13BrN2O2. The Kier molecular flexibility index (Phi) is 5.00. The molecule has 106 valence electrons. The molecule has 0 fully saturated rings. The summed E-state index contributed by atoms with van der Waals surface area (Å²) >= 11 is 3.30. The largest absolute Gasteiger partial charge is 0.307 e. The number of nitrogens with one attached hydrogen (secondary N) is 1. The molecule has 1 amide bonds. The Balaban J connectivity index is 2.00. The summed E-state index contributed by atoms with van der Waals surface area (Å²) in [6.07, 6.45) is 4.05. The van der Waals surface area contributed by atoms with Gasteiger partial charge in [0.25, 0.3) is 0 Å². The van der Waals surface area contributed by atoms with Gasteiger partial charge >= 0.3 is 0 Å². The minimum absolute atomic E-state index is 0.226. The molecule has 1 aromatic carbocycles. The van der Waals surface area contributed by atoms with Gasteiger partial charge in [0.15, 0.2) is 5.78 Å². The van der Waals surface area contributed by atoms with Crippen LogP contribution in [-0.2, 0) is 4.79 Å². The second kappa shape index (κ2) is 6.95. The summed E-state index contributed by atoms with van der Waals surface area (Å²) in [5, 5.41) is 2.63. The Morgan fingerprint density at radius 3 is 2.52 bits per heavy atom. The first-order chi connectivity index (χ1) is 10.1. The van der Waals surface area contributed by atoms with Crippen LogP contribution >= 0.6 is 15.9 Å². The van der Waals surface area contributed by atoms with E-state index >= 15 is 0 Å². The highest BCUT2D eigenvalue weighted by Gasteiger charge is 2.04. The Hall–Kier alpha value is -2.27. The van der Waals surface area contributed by atoms with E-state index in [-0.39, 0.29) is 11.7 Å². The number of aromatic nitrogens is 1. The molecule has 1 N–H and O–H groups in total. The second-order valence-electron chi connectivity index (χ2n) is 4.36. The number of carbonyl (C=O) groups excluding carboxylic acids is 2. The average Bonchev–Trinajstić information content (AvgIpc) is 2.48. The Morgan fingerprint density at radius 1 is 1.14 bits per heavy atom. The van der Waals surface area contributed by atoms with Crippen molar-refractivity contribution in [2.45, 2.75) is 6.92 Å². The fourth-order valence-electron chi connectivity index (χ4n) is 1.64. The maximum absolute atomic E-state index is 11.9. The van der Waals surface area contributed by atoms with Crippen molar-refractivity contribution in [2.75, 3.05) is 5.32 Å². The molecule has 0 aliphatic rings. The lowest BCUT2D eigenvalue weighted by atomic mass is 10.1. The van der Waals surface area contributed by atoms with E-state index in [0.29, 0.717) is 11.4 Å². The van der Waals surface area contributed by atoms with Crippen LogP contribution in [0.25, 0.3) is 0 Å². The monoisotopic (exact) mass is 344 g/mol. The van der Waals surface area contributed by atoms with E-state index in [1.807, 2.05) is 13.0 Å². The molecule has 2 aromatic rings. The number of rotatable bonds is 4. The van der Waals surface area contributed by atoms with E-state index in [0.717, 1.165) is 10.0 Å². The van der Waals surface area contributed by atoms with Crippen LogP contribution in [0.1, 0.15) is 15.9 Å². The van der Waals surface area contributed by atoms with Gasteiger partial charge in [-0.3, -0.25) is 9.59 Å². The highest BCUT2D eigenvalue weighted by atomic mass is 79.9. The van der Waals surface area contributed by atoms with Crippen molar-refractivity contribution in [3.8, 4) is 0 Å². The number of anilines is 1. The zero-order chi connectivity index (χ0) is 15.2. The molecule has 0 atom stereocenters. The topological polar surface area (TPSA) is 59.1 Å². The van der Waals surface area contributed by atoms with Crippen molar-refractivity contribution in [3.05, 3.63) is 70.3 Å². The lowest BCUT2D eigenvalue weighted by Gasteiger charge is -2.03. The number of aryl methyl sites for hydroxylation is 1. The van der Waals surface area contributed by atoms with Gasteiger partial charge < -0.3 is 5.32 Å². The molecule has 0 unspecified atom stereocenters. The maximum Gasteiger partial charge on any atom is 0.249 e. The van der Waals surface area contributed by atoms with Crippen LogP contribution in [0.4, 0.5) is 5.82 Å². The molecule has 0 spiro atoms. The molecule has 0 saturated carbocycles. The first kappa shape index (κ1) is 15.1. The molecule has 0 bridgehead atoms. The molecule has 1 aromatic heterocycles. The third kappa shape index (κ3) is 4.36. The van der Waals surface area contributed by atoms with Crippen LogP contribution < -0.4 is 5.32 Å². The van der Waals surface area contributed by atoms with Gasteiger partial charge in [0, 0.05) is 22.3 Å². The summed E-state index contributed by atoms with van der Waals surface area (Å²) in [4.78, 5) is 27.7. The van der Waals surface area contributed by atoms with Gasteiger partial charge in [-0.15, -0.1) is 0 Å². The van der Waals surface area contributed by atoms with Gasteiger partial charge in [-0.2, -0.15) is 0 Å². The van der Waals surface area contributed by atoms with E-state index in [4.69, 9.17) is 0 Å². The number of halogens is 1. The van der Waals surface area contributed by atoms with Crippen molar-refractivity contribution >= 4 is 33.4 Å². The van der Waals surface area contributed by atoms with Crippen LogP contribution in [0.15, 0.2) is 59.2 Å². The van der Waals surface area contributed by atoms with E-state index in [1.54, 1.807) is 36.5 Å². The zero-order valence-corrected chi connectivity index (χ0v) is 12.9. The van der Waals surface area contributed by atoms with E-state index in [9.17, 15) is 9.59 Å². The van der Waals surface area contributed by atoms with Crippen molar-refractivity contribution in [1.82, 2.24) is 4.98 Å². The number of amides is 1. The van der Waals surface area contributed by atoms with Gasteiger partial charge in [-0.25, -0.2) is 4.98 Å². The molecular weight excluding hydrogens is 332 g/mol. The van der Waals surface area contributed by atoms with Gasteiger partial charge in [-0.1, -0.05) is 22.0 Å². The summed E-state index contributed by atoms with van der Waals surface area (Å²) in [5.74, 6) is -0.124. The van der Waals surface area contributed by atoms with Crippen LogP contribution in [0, 0.1) is 6.92 Å². The number of hydrogen-bond acceptors (Lipinski definition) is 3. The minimum Gasteiger partial charge on any atom is -0.307 e. The summed E-state index contributed by atoms with van der Waals surface area (Å²) in [7, 11) is 0. The standard InChI is InChI=1S/C16H13BrN2O2/c1-11-3-2-10-18-16(11)19-15(21)9-8-14(20)12-4-6-13(17)7-5-12/h2-10H,1H3,(H,18,19,21)/b9-8+. The number of benzene rings is 1. The number of ketones is 1. The minimum atomic E-state index is -0.387. The molecule has 2 rings (SSSR count). The first-order valence-corrected chi connectivity index (χ1v) is 7.06. The third-order valence-electron chi connectivity index (χ3n) is 2.77. The quantitative estimate of drug-likeness (QED) is 0.681. The van der Waals surface area contributed by atoms with Crippen molar-refractivity contribution in [3.63, 3.8) is 0 Å². The molecule has 1 heterocycles. The zero-order valence-electron chi connectivity index (χ0n) is 11.3. The summed E-state index contributed by atoms with van der Waals surface area (Å²) in [5.41, 5.74) is 1.38. The van der Waals surface area contributed by atoms with Gasteiger partial charge in [-0.05, 0) is 48.9 Å². The van der Waals surface area contributed by atoms with E-state index in [2.05, 4.69) is 26.2 Å². The first-order valence-electron chi connectivity index (χ1n) is 6.27. The number of hydrogen-bond donors (Lipinski definition) is 1. The summed E-state index contributed by atoms with van der Waals surface area (Å²) < 4.78 is 0.895. The predicted octanol–water partition coefficient (Wildman–Crippen LogP) is 3.53. The summed E-state index contributed by atoms with van der Waals surface area (Å²) in [6.45, 7) is 1.85. The van der Waals surface area contributed by atoms with Crippen molar-refractivity contribution in [2.24, 2.45) is 0 Å². The number of carbonyl (C=O) groups is 2. The molecule has 4 nitrogen and oxygen atoms in total. The maximum atomic E-state index is 11.9. The Morgan fingerprint density at radius 2 is 1.86 bits per heavy atom. The highest BCUT2D eigenvalue weighted by molar-refractivity contribution is 9.10. The fourth-order valence-corrected chi connectivity index (χ4v) is 1.90. The average molecular weight is 345 g/mol. The SMILES string of the molecule is Cc1cccnc1NC(=O)/C=C/C(=O)c1ccc(Br)cc1. The molecule has 0 radical (unpaired) electrons. The summed E-state index contributed by atoms with van der Waals surface area (Å²) in [6, 6.07) is 10.6. The van der Waals surface area contributed by atoms with Crippen molar-refractivity contribution in [1.29, 1.82) is 0 Å². The van der Waals surface area contributed by atoms with E-state index in [1.165, 1.54) is 12.2 Å². The van der Waals surface area contributed by atoms with Crippen molar-refractivity contribution < 1.29 is 9.59 Å². The van der Waals surface area contributed by atoms with Gasteiger partial charge in [0.2, 0.25) is 5.91 Å². The molecule has 0 saturated heterocycles. The second-order valence-corrected chi connectivity index (χ2v) is 5.28. The molecule has 21 heavy (non-hydrogen) atoms. The van der Waals surface area contributed by atoms with Crippen LogP contribution in [0.5, 0.6) is 0 Å². The fraction of sp³-hybridized carbons (Fsp3) is 0.0625. The van der Waals surface area contributed by atoms with Gasteiger partial charge in [0.05, 0.1) is 0 Å². The van der Waals surface area contributed by atoms with E-state index < -0.39 is 0 Å². The van der Waals surface area contributed by atoms with Crippen LogP contribution in [0.2, 0.25) is 0 Å². The lowest BCUT2D eigenvalue weighted by molar-refractivity contribution is -0.111. The van der Waals surface area contributed by atoms with Gasteiger partial charge in [0.1, 0.15) is 5.82 Å². The number of allylic oxidation sites excluding steroid dienone is 1. The van der Waals surface area contributed by atoms with Crippen LogP contribution in [-0.4, -0.2) is 16.7 Å². The smallest absolute Gasteiger partial charge is 0.249 e. The predicted molar refractivity (Wildman–Crippen MR) is 85.2 cm³/mol. The Labute approximate surface area is 131 Å². The normalized spacial score (nSPS) is 10.6. The lowest BCUT2D eigenvalue weighted by Crippen LogP contribution is -2.11. The highest BCUT2D eigenvalue weighted by Crippen LogP contribution is 2.12. The molecule has 0 aliphatic carbocycles. The Bertz CT molecular complexity index is 694. The van der Waals surface area contributed by atoms with Crippen LogP contribution in [0.3, 0.4) is 0 Å². The third-order valence-corrected chi connectivity index (χ3v) is 3.29. The molecule has 5 heteroatoms. The number of pyridine rings is 1.